The first kappa shape index (κ1) is 16.3. The molecule has 3 nitrogen and oxygen atoms in total. The van der Waals surface area contributed by atoms with Gasteiger partial charge in [-0.15, -0.1) is 0 Å². The van der Waals surface area contributed by atoms with Gasteiger partial charge in [-0.1, -0.05) is 43.7 Å². The molecule has 1 aromatic heterocycles. The summed E-state index contributed by atoms with van der Waals surface area (Å²) in [7, 11) is 0. The fraction of sp³-hybridized carbons (Fsp3) is 0.200. The third-order valence-electron chi connectivity index (χ3n) is 3.89. The number of halogens is 1. The van der Waals surface area contributed by atoms with E-state index in [0.717, 1.165) is 29.7 Å². The number of aryl methyl sites for hydroxylation is 1. The van der Waals surface area contributed by atoms with Gasteiger partial charge in [0.1, 0.15) is 5.82 Å². The Hall–Kier alpha value is -2.59. The molecular formula is C20H19FN2O. The smallest absolute Gasteiger partial charge is 0.160 e. The Labute approximate surface area is 140 Å². The molecule has 122 valence electrons. The first-order chi connectivity index (χ1) is 11.7. The fourth-order valence-corrected chi connectivity index (χ4v) is 2.70. The molecule has 2 aromatic carbocycles. The highest BCUT2D eigenvalue weighted by Gasteiger charge is 2.16. The minimum Gasteiger partial charge on any atom is -0.392 e. The Morgan fingerprint density at radius 3 is 2.25 bits per heavy atom. The molecule has 0 radical (unpaired) electrons. The van der Waals surface area contributed by atoms with Crippen molar-refractivity contribution in [3.63, 3.8) is 0 Å². The van der Waals surface area contributed by atoms with Crippen molar-refractivity contribution in [3.05, 3.63) is 71.7 Å². The molecule has 0 unspecified atom stereocenters. The van der Waals surface area contributed by atoms with E-state index >= 15 is 0 Å². The van der Waals surface area contributed by atoms with Gasteiger partial charge >= 0.3 is 0 Å². The van der Waals surface area contributed by atoms with E-state index in [0.29, 0.717) is 17.1 Å². The van der Waals surface area contributed by atoms with E-state index in [4.69, 9.17) is 0 Å². The Morgan fingerprint density at radius 1 is 0.917 bits per heavy atom. The van der Waals surface area contributed by atoms with Crippen molar-refractivity contribution >= 4 is 0 Å². The van der Waals surface area contributed by atoms with E-state index in [1.54, 1.807) is 12.1 Å². The quantitative estimate of drug-likeness (QED) is 0.757. The summed E-state index contributed by atoms with van der Waals surface area (Å²) in [6.07, 6.45) is 1.67. The number of hydrogen-bond donors (Lipinski definition) is 1. The van der Waals surface area contributed by atoms with Crippen LogP contribution in [0.5, 0.6) is 0 Å². The van der Waals surface area contributed by atoms with Crippen molar-refractivity contribution in [2.24, 2.45) is 0 Å². The Bertz CT molecular complexity index is 817. The fourth-order valence-electron chi connectivity index (χ4n) is 2.70. The molecule has 0 saturated carbocycles. The minimum absolute atomic E-state index is 0.142. The van der Waals surface area contributed by atoms with E-state index < -0.39 is 0 Å². The van der Waals surface area contributed by atoms with Crippen LogP contribution in [-0.2, 0) is 13.0 Å². The predicted octanol–water partition coefficient (Wildman–Crippen LogP) is 4.39. The van der Waals surface area contributed by atoms with Crippen molar-refractivity contribution in [1.29, 1.82) is 0 Å². The molecule has 0 aliphatic carbocycles. The van der Waals surface area contributed by atoms with Crippen molar-refractivity contribution in [3.8, 4) is 22.6 Å². The number of hydrogen-bond acceptors (Lipinski definition) is 3. The van der Waals surface area contributed by atoms with Gasteiger partial charge < -0.3 is 5.11 Å². The van der Waals surface area contributed by atoms with Crippen molar-refractivity contribution in [2.45, 2.75) is 26.4 Å². The Morgan fingerprint density at radius 2 is 1.62 bits per heavy atom. The van der Waals surface area contributed by atoms with Crippen molar-refractivity contribution in [2.75, 3.05) is 0 Å². The Kier molecular flexibility index (Phi) is 4.96. The maximum atomic E-state index is 13.2. The summed E-state index contributed by atoms with van der Waals surface area (Å²) in [5.41, 5.74) is 3.91. The van der Waals surface area contributed by atoms with Crippen LogP contribution < -0.4 is 0 Å². The van der Waals surface area contributed by atoms with Crippen LogP contribution in [0.1, 0.15) is 24.6 Å². The average molecular weight is 322 g/mol. The van der Waals surface area contributed by atoms with Gasteiger partial charge in [0.15, 0.2) is 5.82 Å². The summed E-state index contributed by atoms with van der Waals surface area (Å²) in [5.74, 6) is 0.325. The standard InChI is InChI=1S/C20H19FN2O/c1-2-6-18-17(13-24)19(14-9-11-16(21)12-10-14)23-20(22-18)15-7-4-3-5-8-15/h3-5,7-12,24H,2,6,13H2,1H3. The minimum atomic E-state index is -0.296. The molecule has 3 aromatic rings. The van der Waals surface area contributed by atoms with Crippen LogP contribution in [0.25, 0.3) is 22.6 Å². The van der Waals surface area contributed by atoms with Crippen LogP contribution in [0.3, 0.4) is 0 Å². The number of nitrogens with zero attached hydrogens (tertiary/aromatic N) is 2. The molecule has 0 amide bonds. The molecule has 24 heavy (non-hydrogen) atoms. The topological polar surface area (TPSA) is 46.0 Å². The third kappa shape index (κ3) is 3.34. The number of aromatic nitrogens is 2. The van der Waals surface area contributed by atoms with Gasteiger partial charge in [0.2, 0.25) is 0 Å². The number of benzene rings is 2. The second-order valence-corrected chi connectivity index (χ2v) is 5.60. The molecule has 0 aliphatic rings. The summed E-state index contributed by atoms with van der Waals surface area (Å²) >= 11 is 0. The van der Waals surface area contributed by atoms with Crippen molar-refractivity contribution < 1.29 is 9.50 Å². The zero-order chi connectivity index (χ0) is 16.9. The Balaban J connectivity index is 2.21. The van der Waals surface area contributed by atoms with Crippen LogP contribution in [0.4, 0.5) is 4.39 Å². The molecular weight excluding hydrogens is 303 g/mol. The van der Waals surface area contributed by atoms with Crippen LogP contribution >= 0.6 is 0 Å². The first-order valence-corrected chi connectivity index (χ1v) is 8.05. The van der Waals surface area contributed by atoms with Gasteiger partial charge in [-0.3, -0.25) is 0 Å². The van der Waals surface area contributed by atoms with Crippen LogP contribution in [-0.4, -0.2) is 15.1 Å². The van der Waals surface area contributed by atoms with Gasteiger partial charge in [0, 0.05) is 16.7 Å². The largest absolute Gasteiger partial charge is 0.392 e. The lowest BCUT2D eigenvalue weighted by molar-refractivity contribution is 0.280. The van der Waals surface area contributed by atoms with Gasteiger partial charge in [-0.2, -0.15) is 0 Å². The number of rotatable bonds is 5. The van der Waals surface area contributed by atoms with E-state index in [1.807, 2.05) is 30.3 Å². The normalized spacial score (nSPS) is 10.8. The van der Waals surface area contributed by atoms with Crippen LogP contribution in [0, 0.1) is 5.82 Å². The SMILES string of the molecule is CCCc1nc(-c2ccccc2)nc(-c2ccc(F)cc2)c1CO. The van der Waals surface area contributed by atoms with E-state index in [9.17, 15) is 9.50 Å². The lowest BCUT2D eigenvalue weighted by atomic mass is 10.0. The number of aliphatic hydroxyl groups excluding tert-OH is 1. The summed E-state index contributed by atoms with van der Waals surface area (Å²) < 4.78 is 13.2. The second-order valence-electron chi connectivity index (χ2n) is 5.60. The summed E-state index contributed by atoms with van der Waals surface area (Å²) in [6.45, 7) is 1.93. The highest BCUT2D eigenvalue weighted by molar-refractivity contribution is 5.67. The highest BCUT2D eigenvalue weighted by Crippen LogP contribution is 2.28. The molecule has 4 heteroatoms. The average Bonchev–Trinajstić information content (AvgIpc) is 2.63. The second kappa shape index (κ2) is 7.32. The predicted molar refractivity (Wildman–Crippen MR) is 92.8 cm³/mol. The van der Waals surface area contributed by atoms with Crippen LogP contribution in [0.2, 0.25) is 0 Å². The molecule has 1 N–H and O–H groups in total. The zero-order valence-corrected chi connectivity index (χ0v) is 13.5. The lowest BCUT2D eigenvalue weighted by Gasteiger charge is -2.14. The first-order valence-electron chi connectivity index (χ1n) is 8.05. The molecule has 3 rings (SSSR count). The molecule has 0 bridgehead atoms. The van der Waals surface area contributed by atoms with E-state index in [2.05, 4.69) is 16.9 Å². The summed E-state index contributed by atoms with van der Waals surface area (Å²) in [5, 5.41) is 9.85. The highest BCUT2D eigenvalue weighted by atomic mass is 19.1. The van der Waals surface area contributed by atoms with Crippen LogP contribution in [0.15, 0.2) is 54.6 Å². The number of aliphatic hydroxyl groups is 1. The molecule has 0 spiro atoms. The maximum Gasteiger partial charge on any atom is 0.160 e. The van der Waals surface area contributed by atoms with Gasteiger partial charge in [-0.05, 0) is 30.7 Å². The third-order valence-corrected chi connectivity index (χ3v) is 3.89. The maximum absolute atomic E-state index is 13.2. The van der Waals surface area contributed by atoms with Gasteiger partial charge in [0.25, 0.3) is 0 Å². The van der Waals surface area contributed by atoms with E-state index in [-0.39, 0.29) is 12.4 Å². The summed E-state index contributed by atoms with van der Waals surface area (Å²) in [4.78, 5) is 9.33. The zero-order valence-electron chi connectivity index (χ0n) is 13.5. The lowest BCUT2D eigenvalue weighted by Crippen LogP contribution is -2.06. The van der Waals surface area contributed by atoms with Gasteiger partial charge in [0.05, 0.1) is 18.0 Å². The van der Waals surface area contributed by atoms with Crippen molar-refractivity contribution in [1.82, 2.24) is 9.97 Å². The molecule has 1 heterocycles. The molecule has 0 atom stereocenters. The van der Waals surface area contributed by atoms with Gasteiger partial charge in [-0.25, -0.2) is 14.4 Å². The molecule has 0 aliphatic heterocycles. The monoisotopic (exact) mass is 322 g/mol. The molecule has 0 fully saturated rings. The van der Waals surface area contributed by atoms with E-state index in [1.165, 1.54) is 12.1 Å². The summed E-state index contributed by atoms with van der Waals surface area (Å²) in [6, 6.07) is 15.9. The molecule has 0 saturated heterocycles.